The molecule has 0 atom stereocenters. The van der Waals surface area contributed by atoms with Crippen molar-refractivity contribution in [3.05, 3.63) is 35.7 Å². The summed E-state index contributed by atoms with van der Waals surface area (Å²) in [6, 6.07) is 4.52. The molecule has 0 aliphatic carbocycles. The van der Waals surface area contributed by atoms with Crippen LogP contribution < -0.4 is 11.1 Å². The molecule has 0 unspecified atom stereocenters. The summed E-state index contributed by atoms with van der Waals surface area (Å²) in [5.74, 6) is -0.293. The third kappa shape index (κ3) is 3.58. The Morgan fingerprint density at radius 1 is 1.43 bits per heavy atom. The summed E-state index contributed by atoms with van der Waals surface area (Å²) in [4.78, 5) is 0. The Kier molecular flexibility index (Phi) is 4.13. The predicted molar refractivity (Wildman–Crippen MR) is 58.4 cm³/mol. The monoisotopic (exact) mass is 194 g/mol. The maximum Gasteiger partial charge on any atom is 0.125 e. The van der Waals surface area contributed by atoms with Crippen LogP contribution >= 0.6 is 0 Å². The molecule has 2 nitrogen and oxygen atoms in total. The minimum atomic E-state index is -0.293. The summed E-state index contributed by atoms with van der Waals surface area (Å²) >= 11 is 0. The molecule has 76 valence electrons. The minimum absolute atomic E-state index is 0.293. The third-order valence-corrected chi connectivity index (χ3v) is 1.81. The second kappa shape index (κ2) is 5.40. The van der Waals surface area contributed by atoms with Crippen LogP contribution in [0, 0.1) is 5.82 Å². The van der Waals surface area contributed by atoms with Crippen LogP contribution in [0.15, 0.2) is 24.3 Å². The molecule has 0 heterocycles. The molecule has 0 amide bonds. The van der Waals surface area contributed by atoms with E-state index in [0.717, 1.165) is 18.5 Å². The number of anilines is 1. The number of nitrogen functional groups attached to an aromatic ring is 1. The van der Waals surface area contributed by atoms with Gasteiger partial charge < -0.3 is 11.1 Å². The Balaban J connectivity index is 2.62. The molecular weight excluding hydrogens is 179 g/mol. The lowest BCUT2D eigenvalue weighted by Crippen LogP contribution is -2.05. The van der Waals surface area contributed by atoms with E-state index >= 15 is 0 Å². The van der Waals surface area contributed by atoms with Gasteiger partial charge in [0.15, 0.2) is 0 Å². The second-order valence-corrected chi connectivity index (χ2v) is 3.11. The summed E-state index contributed by atoms with van der Waals surface area (Å²) < 4.78 is 12.9. The topological polar surface area (TPSA) is 38.0 Å². The molecule has 0 spiro atoms. The largest absolute Gasteiger partial charge is 0.399 e. The Morgan fingerprint density at radius 2 is 2.21 bits per heavy atom. The normalized spacial score (nSPS) is 11.0. The summed E-state index contributed by atoms with van der Waals surface area (Å²) in [5, 5.41) is 3.03. The zero-order valence-electron chi connectivity index (χ0n) is 8.26. The molecule has 1 aromatic carbocycles. The Bertz CT molecular complexity index is 301. The van der Waals surface area contributed by atoms with Gasteiger partial charge in [0.2, 0.25) is 0 Å². The van der Waals surface area contributed by atoms with Crippen LogP contribution in [0.2, 0.25) is 0 Å². The number of benzene rings is 1. The van der Waals surface area contributed by atoms with E-state index in [2.05, 4.69) is 5.32 Å². The van der Waals surface area contributed by atoms with Gasteiger partial charge in [-0.3, -0.25) is 0 Å². The van der Waals surface area contributed by atoms with E-state index in [0.29, 0.717) is 5.69 Å². The molecule has 1 aromatic rings. The first-order valence-corrected chi connectivity index (χ1v) is 4.59. The SMILES string of the molecule is CNCCC=Cc1cc(N)cc(F)c1. The molecule has 3 N–H and O–H groups in total. The fourth-order valence-electron chi connectivity index (χ4n) is 1.18. The van der Waals surface area contributed by atoms with Gasteiger partial charge in [-0.25, -0.2) is 4.39 Å². The average Bonchev–Trinajstić information content (AvgIpc) is 2.11. The van der Waals surface area contributed by atoms with E-state index in [1.165, 1.54) is 12.1 Å². The smallest absolute Gasteiger partial charge is 0.125 e. The Morgan fingerprint density at radius 3 is 2.86 bits per heavy atom. The lowest BCUT2D eigenvalue weighted by Gasteiger charge is -1.97. The molecule has 0 aliphatic rings. The van der Waals surface area contributed by atoms with Crippen molar-refractivity contribution < 1.29 is 4.39 Å². The van der Waals surface area contributed by atoms with E-state index in [9.17, 15) is 4.39 Å². The first kappa shape index (κ1) is 10.7. The average molecular weight is 194 g/mol. The van der Waals surface area contributed by atoms with Gasteiger partial charge in [-0.1, -0.05) is 12.2 Å². The highest BCUT2D eigenvalue weighted by molar-refractivity contribution is 5.55. The van der Waals surface area contributed by atoms with Crippen molar-refractivity contribution in [1.29, 1.82) is 0 Å². The predicted octanol–water partition coefficient (Wildman–Crippen LogP) is 2.03. The zero-order chi connectivity index (χ0) is 10.4. The van der Waals surface area contributed by atoms with Crippen molar-refractivity contribution in [2.24, 2.45) is 0 Å². The van der Waals surface area contributed by atoms with E-state index < -0.39 is 0 Å². The van der Waals surface area contributed by atoms with Crippen LogP contribution in [-0.2, 0) is 0 Å². The lowest BCUT2D eigenvalue weighted by atomic mass is 10.1. The fraction of sp³-hybridized carbons (Fsp3) is 0.273. The first-order chi connectivity index (χ1) is 6.72. The van der Waals surface area contributed by atoms with Crippen molar-refractivity contribution in [3.63, 3.8) is 0 Å². The molecule has 14 heavy (non-hydrogen) atoms. The van der Waals surface area contributed by atoms with Crippen LogP contribution in [0.5, 0.6) is 0 Å². The van der Waals surface area contributed by atoms with E-state index in [4.69, 9.17) is 5.73 Å². The summed E-state index contributed by atoms with van der Waals surface area (Å²) in [6.07, 6.45) is 4.79. The van der Waals surface area contributed by atoms with Crippen LogP contribution in [0.25, 0.3) is 6.08 Å². The van der Waals surface area contributed by atoms with Crippen LogP contribution in [0.3, 0.4) is 0 Å². The molecule has 1 rings (SSSR count). The molecular formula is C11H15FN2. The number of hydrogen-bond donors (Lipinski definition) is 2. The maximum atomic E-state index is 12.9. The van der Waals surface area contributed by atoms with Gasteiger partial charge in [0.1, 0.15) is 5.82 Å². The fourth-order valence-corrected chi connectivity index (χ4v) is 1.18. The summed E-state index contributed by atoms with van der Waals surface area (Å²) in [5.41, 5.74) is 6.76. The van der Waals surface area contributed by atoms with Gasteiger partial charge in [-0.15, -0.1) is 0 Å². The first-order valence-electron chi connectivity index (χ1n) is 4.59. The van der Waals surface area contributed by atoms with Crippen molar-refractivity contribution in [3.8, 4) is 0 Å². The van der Waals surface area contributed by atoms with Gasteiger partial charge in [0.25, 0.3) is 0 Å². The highest BCUT2D eigenvalue weighted by atomic mass is 19.1. The van der Waals surface area contributed by atoms with Gasteiger partial charge in [-0.2, -0.15) is 0 Å². The number of rotatable bonds is 4. The van der Waals surface area contributed by atoms with Gasteiger partial charge in [0.05, 0.1) is 0 Å². The number of hydrogen-bond acceptors (Lipinski definition) is 2. The molecule has 0 radical (unpaired) electrons. The van der Waals surface area contributed by atoms with Crippen molar-refractivity contribution in [2.45, 2.75) is 6.42 Å². The minimum Gasteiger partial charge on any atom is -0.399 e. The van der Waals surface area contributed by atoms with E-state index in [-0.39, 0.29) is 5.82 Å². The van der Waals surface area contributed by atoms with Gasteiger partial charge in [0, 0.05) is 5.69 Å². The Labute approximate surface area is 83.6 Å². The maximum absolute atomic E-state index is 12.9. The molecule has 3 heteroatoms. The van der Waals surface area contributed by atoms with Crippen molar-refractivity contribution >= 4 is 11.8 Å². The number of nitrogens with one attached hydrogen (secondary N) is 1. The van der Waals surface area contributed by atoms with E-state index in [1.807, 2.05) is 19.2 Å². The van der Waals surface area contributed by atoms with Gasteiger partial charge in [-0.05, 0) is 43.8 Å². The highest BCUT2D eigenvalue weighted by Gasteiger charge is 1.94. The van der Waals surface area contributed by atoms with Crippen LogP contribution in [-0.4, -0.2) is 13.6 Å². The molecule has 0 saturated carbocycles. The summed E-state index contributed by atoms with van der Waals surface area (Å²) in [6.45, 7) is 0.918. The third-order valence-electron chi connectivity index (χ3n) is 1.81. The molecule has 0 bridgehead atoms. The van der Waals surface area contributed by atoms with Gasteiger partial charge >= 0.3 is 0 Å². The molecule has 0 aromatic heterocycles. The summed E-state index contributed by atoms with van der Waals surface area (Å²) in [7, 11) is 1.90. The highest BCUT2D eigenvalue weighted by Crippen LogP contribution is 2.12. The Hall–Kier alpha value is -1.35. The van der Waals surface area contributed by atoms with E-state index in [1.54, 1.807) is 6.07 Å². The molecule has 0 saturated heterocycles. The van der Waals surface area contributed by atoms with Crippen molar-refractivity contribution in [2.75, 3.05) is 19.3 Å². The molecule has 0 aliphatic heterocycles. The van der Waals surface area contributed by atoms with Crippen LogP contribution in [0.1, 0.15) is 12.0 Å². The number of nitrogens with two attached hydrogens (primary N) is 1. The zero-order valence-corrected chi connectivity index (χ0v) is 8.26. The number of halogens is 1. The quantitative estimate of drug-likeness (QED) is 0.568. The van der Waals surface area contributed by atoms with Crippen LogP contribution in [0.4, 0.5) is 10.1 Å². The molecule has 0 fully saturated rings. The second-order valence-electron chi connectivity index (χ2n) is 3.11. The van der Waals surface area contributed by atoms with Crippen molar-refractivity contribution in [1.82, 2.24) is 5.32 Å². The lowest BCUT2D eigenvalue weighted by molar-refractivity contribution is 0.628. The standard InChI is InChI=1S/C11H15FN2/c1-14-5-3-2-4-9-6-10(12)8-11(13)7-9/h2,4,6-8,14H,3,5,13H2,1H3.